The fraction of sp³-hybridized carbons (Fsp3) is 0.667. The maximum Gasteiger partial charge on any atom is 0.254 e. The van der Waals surface area contributed by atoms with Crippen LogP contribution in [0.1, 0.15) is 43.3 Å². The number of hydrogen-bond acceptors (Lipinski definition) is 3. The van der Waals surface area contributed by atoms with Crippen molar-refractivity contribution in [3.8, 4) is 0 Å². The average Bonchev–Trinajstić information content (AvgIpc) is 2.37. The summed E-state index contributed by atoms with van der Waals surface area (Å²) in [6, 6.07) is 0. The van der Waals surface area contributed by atoms with Crippen LogP contribution in [0.5, 0.6) is 0 Å². The van der Waals surface area contributed by atoms with Gasteiger partial charge in [0, 0.05) is 30.8 Å². The Balaban J connectivity index is 1.98. The van der Waals surface area contributed by atoms with Crippen molar-refractivity contribution < 1.29 is 4.79 Å². The van der Waals surface area contributed by atoms with Gasteiger partial charge in [0.2, 0.25) is 5.91 Å². The number of hydrogen-bond donors (Lipinski definition) is 1. The Labute approximate surface area is 119 Å². The molecule has 0 saturated carbocycles. The number of carbonyl (C=O) groups is 1. The number of aromatic amines is 1. The molecule has 2 heterocycles. The molecule has 5 heteroatoms. The van der Waals surface area contributed by atoms with E-state index in [0.717, 1.165) is 25.2 Å². The minimum absolute atomic E-state index is 0.116. The van der Waals surface area contributed by atoms with Gasteiger partial charge in [0.15, 0.2) is 0 Å². The molecule has 0 aromatic carbocycles. The molecule has 0 aliphatic carbocycles. The van der Waals surface area contributed by atoms with Crippen molar-refractivity contribution in [2.24, 2.45) is 5.92 Å². The number of likely N-dealkylation sites (tertiary alicyclic amines) is 1. The van der Waals surface area contributed by atoms with Gasteiger partial charge in [-0.3, -0.25) is 9.59 Å². The molecule has 1 atom stereocenters. The van der Waals surface area contributed by atoms with E-state index in [2.05, 4.69) is 16.9 Å². The summed E-state index contributed by atoms with van der Waals surface area (Å²) in [6.45, 7) is 7.46. The molecule has 1 amide bonds. The highest BCUT2D eigenvalue weighted by molar-refractivity contribution is 5.76. The van der Waals surface area contributed by atoms with Crippen molar-refractivity contribution in [2.75, 3.05) is 13.1 Å². The predicted molar refractivity (Wildman–Crippen MR) is 77.6 cm³/mol. The maximum atomic E-state index is 12.2. The third-order valence-electron chi connectivity index (χ3n) is 3.94. The molecule has 110 valence electrons. The second-order valence-electron chi connectivity index (χ2n) is 5.80. The molecule has 1 saturated heterocycles. The number of carbonyl (C=O) groups excluding carboxylic acids is 1. The van der Waals surface area contributed by atoms with Crippen molar-refractivity contribution in [3.63, 3.8) is 0 Å². The Morgan fingerprint density at radius 1 is 1.45 bits per heavy atom. The van der Waals surface area contributed by atoms with Crippen molar-refractivity contribution >= 4 is 5.91 Å². The van der Waals surface area contributed by atoms with E-state index in [4.69, 9.17) is 0 Å². The molecule has 1 N–H and O–H groups in total. The van der Waals surface area contributed by atoms with Crippen LogP contribution in [0.3, 0.4) is 0 Å². The lowest BCUT2D eigenvalue weighted by Crippen LogP contribution is -2.39. The number of nitrogens with zero attached hydrogens (tertiary/aromatic N) is 2. The van der Waals surface area contributed by atoms with Gasteiger partial charge in [-0.2, -0.15) is 0 Å². The third kappa shape index (κ3) is 3.46. The van der Waals surface area contributed by atoms with Crippen molar-refractivity contribution in [3.05, 3.63) is 27.4 Å². The monoisotopic (exact) mass is 277 g/mol. The fourth-order valence-corrected chi connectivity index (χ4v) is 2.85. The smallest absolute Gasteiger partial charge is 0.254 e. The molecular formula is C15H23N3O2. The molecular weight excluding hydrogens is 254 g/mol. The number of aromatic nitrogens is 2. The summed E-state index contributed by atoms with van der Waals surface area (Å²) in [7, 11) is 0. The van der Waals surface area contributed by atoms with Gasteiger partial charge in [0.05, 0.1) is 0 Å². The Morgan fingerprint density at radius 3 is 2.85 bits per heavy atom. The number of rotatable bonds is 3. The molecule has 0 bridgehead atoms. The van der Waals surface area contributed by atoms with Crippen LogP contribution in [0.15, 0.2) is 4.79 Å². The summed E-state index contributed by atoms with van der Waals surface area (Å²) in [5.74, 6) is 1.35. The van der Waals surface area contributed by atoms with E-state index in [1.54, 1.807) is 6.92 Å². The van der Waals surface area contributed by atoms with E-state index in [1.807, 2.05) is 11.8 Å². The molecule has 20 heavy (non-hydrogen) atoms. The van der Waals surface area contributed by atoms with Crippen LogP contribution in [-0.2, 0) is 11.2 Å². The lowest BCUT2D eigenvalue weighted by atomic mass is 9.99. The number of piperidine rings is 1. The summed E-state index contributed by atoms with van der Waals surface area (Å²) in [5.41, 5.74) is 1.25. The van der Waals surface area contributed by atoms with Gasteiger partial charge in [0.25, 0.3) is 5.56 Å². The van der Waals surface area contributed by atoms with Gasteiger partial charge >= 0.3 is 0 Å². The standard InChI is InChI=1S/C15H23N3O2/c1-10-5-4-8-18(9-10)14(19)7-6-13-11(2)16-12(3)17-15(13)20/h10H,4-9H2,1-3H3,(H,16,17,20)/t10-/m1/s1. The quantitative estimate of drug-likeness (QED) is 0.912. The highest BCUT2D eigenvalue weighted by Crippen LogP contribution is 2.16. The Hall–Kier alpha value is -1.65. The fourth-order valence-electron chi connectivity index (χ4n) is 2.85. The van der Waals surface area contributed by atoms with Crippen LogP contribution in [0.2, 0.25) is 0 Å². The van der Waals surface area contributed by atoms with Gasteiger partial charge in [-0.05, 0) is 39.0 Å². The summed E-state index contributed by atoms with van der Waals surface area (Å²) in [5, 5.41) is 0. The second kappa shape index (κ2) is 6.20. The summed E-state index contributed by atoms with van der Waals surface area (Å²) >= 11 is 0. The largest absolute Gasteiger partial charge is 0.342 e. The molecule has 5 nitrogen and oxygen atoms in total. The molecule has 1 aromatic heterocycles. The number of amides is 1. The molecule has 0 unspecified atom stereocenters. The van der Waals surface area contributed by atoms with Crippen LogP contribution < -0.4 is 5.56 Å². The van der Waals surface area contributed by atoms with E-state index < -0.39 is 0 Å². The lowest BCUT2D eigenvalue weighted by molar-refractivity contribution is -0.132. The van der Waals surface area contributed by atoms with E-state index in [-0.39, 0.29) is 11.5 Å². The van der Waals surface area contributed by atoms with Crippen molar-refractivity contribution in [1.82, 2.24) is 14.9 Å². The Morgan fingerprint density at radius 2 is 2.20 bits per heavy atom. The second-order valence-corrected chi connectivity index (χ2v) is 5.80. The molecule has 2 rings (SSSR count). The van der Waals surface area contributed by atoms with Gasteiger partial charge in [0.1, 0.15) is 5.82 Å². The molecule has 1 aliphatic heterocycles. The van der Waals surface area contributed by atoms with E-state index in [1.165, 1.54) is 6.42 Å². The minimum atomic E-state index is -0.116. The van der Waals surface area contributed by atoms with Gasteiger partial charge in [-0.1, -0.05) is 6.92 Å². The number of aryl methyl sites for hydroxylation is 2. The Bertz CT molecular complexity index is 551. The summed E-state index contributed by atoms with van der Waals surface area (Å²) in [6.07, 6.45) is 3.14. The van der Waals surface area contributed by atoms with Crippen molar-refractivity contribution in [2.45, 2.75) is 46.5 Å². The zero-order chi connectivity index (χ0) is 14.7. The first-order valence-corrected chi connectivity index (χ1v) is 7.31. The van der Waals surface area contributed by atoms with Gasteiger partial charge in [-0.15, -0.1) is 0 Å². The zero-order valence-corrected chi connectivity index (χ0v) is 12.5. The zero-order valence-electron chi connectivity index (χ0n) is 12.5. The maximum absolute atomic E-state index is 12.2. The minimum Gasteiger partial charge on any atom is -0.342 e. The first kappa shape index (κ1) is 14.8. The topological polar surface area (TPSA) is 66.1 Å². The normalized spacial score (nSPS) is 19.1. The van der Waals surface area contributed by atoms with Crippen LogP contribution in [0.25, 0.3) is 0 Å². The third-order valence-corrected chi connectivity index (χ3v) is 3.94. The average molecular weight is 277 g/mol. The number of nitrogens with one attached hydrogen (secondary N) is 1. The Kier molecular flexibility index (Phi) is 4.57. The van der Waals surface area contributed by atoms with E-state index >= 15 is 0 Å². The van der Waals surface area contributed by atoms with Crippen LogP contribution >= 0.6 is 0 Å². The van der Waals surface area contributed by atoms with E-state index in [9.17, 15) is 9.59 Å². The summed E-state index contributed by atoms with van der Waals surface area (Å²) in [4.78, 5) is 33.0. The molecule has 0 radical (unpaired) electrons. The first-order valence-electron chi connectivity index (χ1n) is 7.31. The number of H-pyrrole nitrogens is 1. The summed E-state index contributed by atoms with van der Waals surface area (Å²) < 4.78 is 0. The van der Waals surface area contributed by atoms with Crippen LogP contribution in [0, 0.1) is 19.8 Å². The lowest BCUT2D eigenvalue weighted by Gasteiger charge is -2.31. The van der Waals surface area contributed by atoms with Crippen LogP contribution in [-0.4, -0.2) is 33.9 Å². The van der Waals surface area contributed by atoms with Crippen LogP contribution in [0.4, 0.5) is 0 Å². The molecule has 1 aromatic rings. The molecule has 1 fully saturated rings. The predicted octanol–water partition coefficient (Wildman–Crippen LogP) is 1.58. The molecule has 0 spiro atoms. The van der Waals surface area contributed by atoms with Crippen molar-refractivity contribution in [1.29, 1.82) is 0 Å². The molecule has 1 aliphatic rings. The van der Waals surface area contributed by atoms with E-state index in [0.29, 0.717) is 30.1 Å². The highest BCUT2D eigenvalue weighted by Gasteiger charge is 2.21. The highest BCUT2D eigenvalue weighted by atomic mass is 16.2. The van der Waals surface area contributed by atoms with Gasteiger partial charge in [-0.25, -0.2) is 4.98 Å². The SMILES string of the molecule is Cc1nc(C)c(CCC(=O)N2CCC[C@@H](C)C2)c(=O)[nH]1. The first-order chi connectivity index (χ1) is 9.47. The van der Waals surface area contributed by atoms with Gasteiger partial charge < -0.3 is 9.88 Å².